The number of nitrogens with one attached hydrogen (secondary N) is 2. The van der Waals surface area contributed by atoms with Crippen LogP contribution in [0.3, 0.4) is 0 Å². The Morgan fingerprint density at radius 3 is 2.68 bits per heavy atom. The highest BCUT2D eigenvalue weighted by molar-refractivity contribution is 6.30. The Labute approximate surface area is 134 Å². The first-order valence-electron chi connectivity index (χ1n) is 6.83. The lowest BCUT2D eigenvalue weighted by Gasteiger charge is -2.13. The van der Waals surface area contributed by atoms with Crippen LogP contribution in [-0.4, -0.2) is 23.1 Å². The third-order valence-corrected chi connectivity index (χ3v) is 3.15. The number of amides is 1. The molecule has 0 aliphatic heterocycles. The molecule has 0 aliphatic rings. The zero-order valence-electron chi connectivity index (χ0n) is 12.4. The number of aryl methyl sites for hydroxylation is 1. The SMILES string of the molecule is Cc1cccc(C=NNC(=O)C(C)Nc2ccc(Cl)cc2)n1. The Bertz CT molecular complexity index is 670. The van der Waals surface area contributed by atoms with E-state index in [4.69, 9.17) is 11.6 Å². The first-order chi connectivity index (χ1) is 10.5. The molecule has 2 aromatic rings. The Kier molecular flexibility index (Phi) is 5.49. The van der Waals surface area contributed by atoms with Gasteiger partial charge in [-0.3, -0.25) is 9.78 Å². The maximum absolute atomic E-state index is 11.9. The molecule has 22 heavy (non-hydrogen) atoms. The van der Waals surface area contributed by atoms with E-state index in [0.29, 0.717) is 10.7 Å². The van der Waals surface area contributed by atoms with Crippen LogP contribution in [0.2, 0.25) is 5.02 Å². The number of anilines is 1. The van der Waals surface area contributed by atoms with Crippen LogP contribution in [0.1, 0.15) is 18.3 Å². The summed E-state index contributed by atoms with van der Waals surface area (Å²) in [7, 11) is 0. The van der Waals surface area contributed by atoms with Gasteiger partial charge >= 0.3 is 0 Å². The van der Waals surface area contributed by atoms with E-state index in [-0.39, 0.29) is 5.91 Å². The summed E-state index contributed by atoms with van der Waals surface area (Å²) in [4.78, 5) is 16.2. The number of nitrogens with zero attached hydrogens (tertiary/aromatic N) is 2. The molecule has 0 spiro atoms. The molecule has 1 unspecified atom stereocenters. The molecule has 1 atom stereocenters. The zero-order valence-corrected chi connectivity index (χ0v) is 13.1. The normalized spacial score (nSPS) is 12.1. The lowest BCUT2D eigenvalue weighted by atomic mass is 10.2. The minimum atomic E-state index is -0.427. The van der Waals surface area contributed by atoms with Crippen molar-refractivity contribution in [1.82, 2.24) is 10.4 Å². The Morgan fingerprint density at radius 2 is 2.00 bits per heavy atom. The molecule has 5 nitrogen and oxygen atoms in total. The fourth-order valence-corrected chi connectivity index (χ4v) is 1.88. The molecule has 0 saturated heterocycles. The van der Waals surface area contributed by atoms with Gasteiger partial charge in [0.25, 0.3) is 5.91 Å². The predicted octanol–water partition coefficient (Wildman–Crippen LogP) is 2.99. The number of carbonyl (C=O) groups excluding carboxylic acids is 1. The van der Waals surface area contributed by atoms with Crippen molar-refractivity contribution >= 4 is 29.4 Å². The number of halogens is 1. The summed E-state index contributed by atoms with van der Waals surface area (Å²) in [6.07, 6.45) is 1.51. The second-order valence-electron chi connectivity index (χ2n) is 4.81. The second kappa shape index (κ2) is 7.56. The Morgan fingerprint density at radius 1 is 1.27 bits per heavy atom. The minimum absolute atomic E-state index is 0.237. The molecular formula is C16H17ClN4O. The number of pyridine rings is 1. The number of benzene rings is 1. The third-order valence-electron chi connectivity index (χ3n) is 2.90. The molecule has 6 heteroatoms. The Balaban J connectivity index is 1.87. The first kappa shape index (κ1) is 16.0. The van der Waals surface area contributed by atoms with Crippen LogP contribution in [0.25, 0.3) is 0 Å². The van der Waals surface area contributed by atoms with E-state index in [0.717, 1.165) is 11.4 Å². The smallest absolute Gasteiger partial charge is 0.262 e. The van der Waals surface area contributed by atoms with Crippen molar-refractivity contribution in [3.8, 4) is 0 Å². The minimum Gasteiger partial charge on any atom is -0.374 e. The fourth-order valence-electron chi connectivity index (χ4n) is 1.76. The van der Waals surface area contributed by atoms with E-state index >= 15 is 0 Å². The molecule has 2 rings (SSSR count). The second-order valence-corrected chi connectivity index (χ2v) is 5.25. The summed E-state index contributed by atoms with van der Waals surface area (Å²) >= 11 is 5.82. The summed E-state index contributed by atoms with van der Waals surface area (Å²) in [5.74, 6) is -0.237. The van der Waals surface area contributed by atoms with Gasteiger partial charge in [-0.05, 0) is 50.2 Å². The predicted molar refractivity (Wildman–Crippen MR) is 89.2 cm³/mol. The highest BCUT2D eigenvalue weighted by atomic mass is 35.5. The van der Waals surface area contributed by atoms with E-state index in [1.807, 2.05) is 37.3 Å². The van der Waals surface area contributed by atoms with Crippen LogP contribution in [-0.2, 0) is 4.79 Å². The molecule has 0 radical (unpaired) electrons. The van der Waals surface area contributed by atoms with Crippen molar-refractivity contribution < 1.29 is 4.79 Å². The van der Waals surface area contributed by atoms with Crippen LogP contribution in [0.5, 0.6) is 0 Å². The summed E-state index contributed by atoms with van der Waals surface area (Å²) < 4.78 is 0. The lowest BCUT2D eigenvalue weighted by Crippen LogP contribution is -2.34. The molecule has 114 valence electrons. The number of rotatable bonds is 5. The van der Waals surface area contributed by atoms with Crippen molar-refractivity contribution in [2.75, 3.05) is 5.32 Å². The van der Waals surface area contributed by atoms with E-state index in [1.165, 1.54) is 6.21 Å². The van der Waals surface area contributed by atoms with E-state index in [2.05, 4.69) is 20.8 Å². The van der Waals surface area contributed by atoms with Gasteiger partial charge in [0.1, 0.15) is 6.04 Å². The molecule has 0 aliphatic carbocycles. The van der Waals surface area contributed by atoms with Gasteiger partial charge in [0.2, 0.25) is 0 Å². The van der Waals surface area contributed by atoms with Crippen molar-refractivity contribution in [3.63, 3.8) is 0 Å². The van der Waals surface area contributed by atoms with Gasteiger partial charge in [0.15, 0.2) is 0 Å². The number of hydrogen-bond donors (Lipinski definition) is 2. The topological polar surface area (TPSA) is 66.4 Å². The van der Waals surface area contributed by atoms with Gasteiger partial charge in [0, 0.05) is 16.4 Å². The van der Waals surface area contributed by atoms with Crippen LogP contribution in [0.15, 0.2) is 47.6 Å². The molecule has 1 heterocycles. The standard InChI is InChI=1S/C16H17ClN4O/c1-11-4-3-5-15(19-11)10-18-21-16(22)12(2)20-14-8-6-13(17)7-9-14/h3-10,12,20H,1-2H3,(H,21,22). The van der Waals surface area contributed by atoms with Gasteiger partial charge in [-0.2, -0.15) is 5.10 Å². The van der Waals surface area contributed by atoms with Crippen LogP contribution in [0, 0.1) is 6.92 Å². The van der Waals surface area contributed by atoms with Crippen molar-refractivity contribution in [2.45, 2.75) is 19.9 Å². The van der Waals surface area contributed by atoms with E-state index in [1.54, 1.807) is 19.1 Å². The molecule has 1 aromatic carbocycles. The van der Waals surface area contributed by atoms with Gasteiger partial charge < -0.3 is 5.32 Å². The first-order valence-corrected chi connectivity index (χ1v) is 7.21. The maximum atomic E-state index is 11.9. The summed E-state index contributed by atoms with van der Waals surface area (Å²) in [5, 5.41) is 7.63. The fraction of sp³-hybridized carbons (Fsp3) is 0.188. The zero-order chi connectivity index (χ0) is 15.9. The highest BCUT2D eigenvalue weighted by Gasteiger charge is 2.11. The van der Waals surface area contributed by atoms with Gasteiger partial charge in [-0.25, -0.2) is 5.43 Å². The van der Waals surface area contributed by atoms with Crippen molar-refractivity contribution in [3.05, 3.63) is 58.9 Å². The molecule has 1 amide bonds. The van der Waals surface area contributed by atoms with Crippen LogP contribution in [0.4, 0.5) is 5.69 Å². The van der Waals surface area contributed by atoms with Crippen molar-refractivity contribution in [1.29, 1.82) is 0 Å². The average molecular weight is 317 g/mol. The van der Waals surface area contributed by atoms with E-state index < -0.39 is 6.04 Å². The molecule has 2 N–H and O–H groups in total. The number of carbonyl (C=O) groups is 1. The third kappa shape index (κ3) is 4.86. The molecular weight excluding hydrogens is 300 g/mol. The molecule has 0 bridgehead atoms. The lowest BCUT2D eigenvalue weighted by molar-refractivity contribution is -0.121. The summed E-state index contributed by atoms with van der Waals surface area (Å²) in [5.41, 5.74) is 4.89. The van der Waals surface area contributed by atoms with Crippen LogP contribution < -0.4 is 10.7 Å². The van der Waals surface area contributed by atoms with E-state index in [9.17, 15) is 4.79 Å². The number of hydrogen-bond acceptors (Lipinski definition) is 4. The van der Waals surface area contributed by atoms with Gasteiger partial charge in [-0.15, -0.1) is 0 Å². The largest absolute Gasteiger partial charge is 0.374 e. The Hall–Kier alpha value is -2.40. The molecule has 0 fully saturated rings. The summed E-state index contributed by atoms with van der Waals surface area (Å²) in [6, 6.07) is 12.3. The number of hydrazone groups is 1. The maximum Gasteiger partial charge on any atom is 0.262 e. The monoisotopic (exact) mass is 316 g/mol. The highest BCUT2D eigenvalue weighted by Crippen LogP contribution is 2.14. The molecule has 1 aromatic heterocycles. The van der Waals surface area contributed by atoms with Gasteiger partial charge in [-0.1, -0.05) is 17.7 Å². The summed E-state index contributed by atoms with van der Waals surface area (Å²) in [6.45, 7) is 3.65. The number of aromatic nitrogens is 1. The average Bonchev–Trinajstić information content (AvgIpc) is 2.49. The quantitative estimate of drug-likeness (QED) is 0.658. The van der Waals surface area contributed by atoms with Crippen LogP contribution >= 0.6 is 11.6 Å². The van der Waals surface area contributed by atoms with Crippen molar-refractivity contribution in [2.24, 2.45) is 5.10 Å². The molecule has 0 saturated carbocycles. The van der Waals surface area contributed by atoms with Gasteiger partial charge in [0.05, 0.1) is 11.9 Å².